The lowest BCUT2D eigenvalue weighted by Crippen LogP contribution is -2.25. The van der Waals surface area contributed by atoms with Crippen molar-refractivity contribution >= 4 is 5.69 Å². The third kappa shape index (κ3) is 2.61. The number of aromatic nitrogens is 2. The molecule has 5 nitrogen and oxygen atoms in total. The number of ether oxygens (including phenoxy) is 1. The fourth-order valence-electron chi connectivity index (χ4n) is 1.86. The monoisotopic (exact) mass is 223 g/mol. The van der Waals surface area contributed by atoms with Crippen molar-refractivity contribution in [3.63, 3.8) is 0 Å². The Balaban J connectivity index is 1.93. The van der Waals surface area contributed by atoms with Crippen molar-refractivity contribution < 1.29 is 4.74 Å². The van der Waals surface area contributed by atoms with Gasteiger partial charge in [-0.05, 0) is 25.7 Å². The molecule has 16 heavy (non-hydrogen) atoms. The minimum atomic E-state index is -0.134. The van der Waals surface area contributed by atoms with Gasteiger partial charge in [0, 0.05) is 18.7 Å². The topological polar surface area (TPSA) is 67.0 Å². The number of hydrogen-bond acceptors (Lipinski definition) is 4. The maximum absolute atomic E-state index is 11.3. The van der Waals surface area contributed by atoms with Crippen LogP contribution in [0.15, 0.2) is 11.0 Å². The van der Waals surface area contributed by atoms with Gasteiger partial charge >= 0.3 is 0 Å². The van der Waals surface area contributed by atoms with Crippen LogP contribution in [0, 0.1) is 12.8 Å². The Morgan fingerprint density at radius 3 is 3.31 bits per heavy atom. The molecule has 1 aliphatic rings. The standard InChI is InChI=1S/C11H17N3O2/c1-8-10(6-13-14-11(8)15)12-5-9-3-2-4-16-7-9/h6,9H,2-5,7H2,1H3,(H2,12,14,15)/t9-/m1/s1. The molecular weight excluding hydrogens is 206 g/mol. The maximum Gasteiger partial charge on any atom is 0.269 e. The highest BCUT2D eigenvalue weighted by Gasteiger charge is 2.14. The molecule has 1 fully saturated rings. The second-order valence-corrected chi connectivity index (χ2v) is 4.20. The molecule has 5 heteroatoms. The lowest BCUT2D eigenvalue weighted by atomic mass is 10.0. The number of anilines is 1. The van der Waals surface area contributed by atoms with Crippen LogP contribution in [0.5, 0.6) is 0 Å². The summed E-state index contributed by atoms with van der Waals surface area (Å²) in [5.74, 6) is 0.535. The molecule has 0 bridgehead atoms. The molecule has 1 aliphatic heterocycles. The van der Waals surface area contributed by atoms with Crippen LogP contribution in [0.25, 0.3) is 0 Å². The predicted octanol–water partition coefficient (Wildman–Crippen LogP) is 0.917. The molecule has 0 aliphatic carbocycles. The van der Waals surface area contributed by atoms with Crippen LogP contribution in [-0.4, -0.2) is 30.0 Å². The minimum Gasteiger partial charge on any atom is -0.383 e. The Morgan fingerprint density at radius 2 is 2.56 bits per heavy atom. The molecule has 1 saturated heterocycles. The zero-order valence-electron chi connectivity index (χ0n) is 9.45. The first-order chi connectivity index (χ1) is 7.77. The minimum absolute atomic E-state index is 0.134. The molecule has 0 unspecified atom stereocenters. The van der Waals surface area contributed by atoms with Gasteiger partial charge in [0.25, 0.3) is 5.56 Å². The summed E-state index contributed by atoms with van der Waals surface area (Å²) in [7, 11) is 0. The van der Waals surface area contributed by atoms with Crippen molar-refractivity contribution in [3.05, 3.63) is 22.1 Å². The van der Waals surface area contributed by atoms with Crippen LogP contribution in [0.4, 0.5) is 5.69 Å². The van der Waals surface area contributed by atoms with E-state index in [1.54, 1.807) is 13.1 Å². The van der Waals surface area contributed by atoms with E-state index >= 15 is 0 Å². The summed E-state index contributed by atoms with van der Waals surface area (Å²) >= 11 is 0. The van der Waals surface area contributed by atoms with Gasteiger partial charge in [-0.1, -0.05) is 0 Å². The number of nitrogens with zero attached hydrogens (tertiary/aromatic N) is 1. The molecule has 2 heterocycles. The molecule has 0 radical (unpaired) electrons. The van der Waals surface area contributed by atoms with Gasteiger partial charge in [0.1, 0.15) is 0 Å². The SMILES string of the molecule is Cc1c(NC[C@H]2CCCOC2)cn[nH]c1=O. The highest BCUT2D eigenvalue weighted by Crippen LogP contribution is 2.15. The zero-order valence-corrected chi connectivity index (χ0v) is 9.45. The molecule has 1 atom stereocenters. The lowest BCUT2D eigenvalue weighted by Gasteiger charge is -2.22. The third-order valence-corrected chi connectivity index (χ3v) is 2.94. The quantitative estimate of drug-likeness (QED) is 0.799. The largest absolute Gasteiger partial charge is 0.383 e. The van der Waals surface area contributed by atoms with E-state index in [1.807, 2.05) is 0 Å². The fraction of sp³-hybridized carbons (Fsp3) is 0.636. The van der Waals surface area contributed by atoms with E-state index in [1.165, 1.54) is 6.42 Å². The summed E-state index contributed by atoms with van der Waals surface area (Å²) < 4.78 is 5.40. The van der Waals surface area contributed by atoms with Crippen molar-refractivity contribution in [1.82, 2.24) is 10.2 Å². The number of nitrogens with one attached hydrogen (secondary N) is 2. The summed E-state index contributed by atoms with van der Waals surface area (Å²) in [6.07, 6.45) is 3.96. The second kappa shape index (κ2) is 5.12. The van der Waals surface area contributed by atoms with Gasteiger partial charge < -0.3 is 10.1 Å². The average Bonchev–Trinajstić information content (AvgIpc) is 2.32. The molecule has 88 valence electrons. The van der Waals surface area contributed by atoms with Gasteiger partial charge in [-0.25, -0.2) is 5.10 Å². The van der Waals surface area contributed by atoms with Gasteiger partial charge in [0.2, 0.25) is 0 Å². The second-order valence-electron chi connectivity index (χ2n) is 4.20. The molecule has 0 spiro atoms. The maximum atomic E-state index is 11.3. The first kappa shape index (κ1) is 11.1. The molecule has 2 N–H and O–H groups in total. The normalized spacial score (nSPS) is 20.7. The summed E-state index contributed by atoms with van der Waals surface area (Å²) in [6.45, 7) is 4.32. The summed E-state index contributed by atoms with van der Waals surface area (Å²) in [6, 6.07) is 0. The van der Waals surface area contributed by atoms with Crippen LogP contribution in [0.3, 0.4) is 0 Å². The summed E-state index contributed by atoms with van der Waals surface area (Å²) in [5, 5.41) is 9.45. The molecule has 0 aromatic carbocycles. The van der Waals surface area contributed by atoms with Crippen molar-refractivity contribution in [1.29, 1.82) is 0 Å². The van der Waals surface area contributed by atoms with Gasteiger partial charge in [-0.2, -0.15) is 5.10 Å². The third-order valence-electron chi connectivity index (χ3n) is 2.94. The van der Waals surface area contributed by atoms with E-state index in [4.69, 9.17) is 4.74 Å². The van der Waals surface area contributed by atoms with E-state index in [2.05, 4.69) is 15.5 Å². The van der Waals surface area contributed by atoms with E-state index in [9.17, 15) is 4.79 Å². The first-order valence-electron chi connectivity index (χ1n) is 5.63. The smallest absolute Gasteiger partial charge is 0.269 e. The van der Waals surface area contributed by atoms with Crippen molar-refractivity contribution in [2.75, 3.05) is 25.1 Å². The van der Waals surface area contributed by atoms with E-state index in [0.717, 1.165) is 31.9 Å². The summed E-state index contributed by atoms with van der Waals surface area (Å²) in [4.78, 5) is 11.3. The highest BCUT2D eigenvalue weighted by molar-refractivity contribution is 5.46. The van der Waals surface area contributed by atoms with Crippen LogP contribution < -0.4 is 10.9 Å². The molecule has 1 aromatic rings. The molecule has 0 amide bonds. The average molecular weight is 223 g/mol. The van der Waals surface area contributed by atoms with Crippen molar-refractivity contribution in [2.45, 2.75) is 19.8 Å². The Hall–Kier alpha value is -1.36. The van der Waals surface area contributed by atoms with E-state index < -0.39 is 0 Å². The zero-order chi connectivity index (χ0) is 11.4. The molecular formula is C11H17N3O2. The van der Waals surface area contributed by atoms with Crippen LogP contribution in [-0.2, 0) is 4.74 Å². The van der Waals surface area contributed by atoms with Crippen molar-refractivity contribution in [2.24, 2.45) is 5.92 Å². The number of hydrogen-bond donors (Lipinski definition) is 2. The Kier molecular flexibility index (Phi) is 3.56. The number of rotatable bonds is 3. The van der Waals surface area contributed by atoms with Gasteiger partial charge in [-0.3, -0.25) is 4.79 Å². The Labute approximate surface area is 94.2 Å². The number of H-pyrrole nitrogens is 1. The van der Waals surface area contributed by atoms with Crippen LogP contribution in [0.1, 0.15) is 18.4 Å². The van der Waals surface area contributed by atoms with E-state index in [0.29, 0.717) is 11.5 Å². The Morgan fingerprint density at radius 1 is 1.69 bits per heavy atom. The fourth-order valence-corrected chi connectivity index (χ4v) is 1.86. The van der Waals surface area contributed by atoms with Crippen molar-refractivity contribution in [3.8, 4) is 0 Å². The van der Waals surface area contributed by atoms with Crippen LogP contribution in [0.2, 0.25) is 0 Å². The van der Waals surface area contributed by atoms with Gasteiger partial charge in [0.15, 0.2) is 0 Å². The van der Waals surface area contributed by atoms with E-state index in [-0.39, 0.29) is 5.56 Å². The Bertz CT molecular complexity index is 396. The lowest BCUT2D eigenvalue weighted by molar-refractivity contribution is 0.0595. The summed E-state index contributed by atoms with van der Waals surface area (Å²) in [5.41, 5.74) is 1.37. The molecule has 0 saturated carbocycles. The molecule has 1 aromatic heterocycles. The first-order valence-corrected chi connectivity index (χ1v) is 5.63. The van der Waals surface area contributed by atoms with Gasteiger partial charge in [-0.15, -0.1) is 0 Å². The van der Waals surface area contributed by atoms with Gasteiger partial charge in [0.05, 0.1) is 18.5 Å². The highest BCUT2D eigenvalue weighted by atomic mass is 16.5. The van der Waals surface area contributed by atoms with Crippen LogP contribution >= 0.6 is 0 Å². The predicted molar refractivity (Wildman–Crippen MR) is 61.6 cm³/mol. The molecule has 2 rings (SSSR count). The number of aromatic amines is 1.